The fourth-order valence-corrected chi connectivity index (χ4v) is 4.27. The van der Waals surface area contributed by atoms with E-state index in [0.717, 1.165) is 44.1 Å². The highest BCUT2D eigenvalue weighted by atomic mass is 127. The molecule has 4 nitrogen and oxygen atoms in total. The molecule has 0 saturated carbocycles. The fourth-order valence-electron chi connectivity index (χ4n) is 3.52. The van der Waals surface area contributed by atoms with Crippen LogP contribution < -0.4 is 10.6 Å². The van der Waals surface area contributed by atoms with Gasteiger partial charge in [-0.2, -0.15) is 0 Å². The molecule has 28 heavy (non-hydrogen) atoms. The highest BCUT2D eigenvalue weighted by Gasteiger charge is 2.20. The van der Waals surface area contributed by atoms with Crippen molar-refractivity contribution in [3.8, 4) is 0 Å². The monoisotopic (exact) mass is 516 g/mol. The largest absolute Gasteiger partial charge is 0.356 e. The minimum atomic E-state index is -0.190. The quantitative estimate of drug-likeness (QED) is 0.331. The van der Waals surface area contributed by atoms with Crippen LogP contribution in [-0.4, -0.2) is 44.1 Å². The minimum absolute atomic E-state index is 0. The number of nitrogens with zero attached hydrogens (tertiary/aromatic N) is 2. The third-order valence-corrected chi connectivity index (χ3v) is 5.82. The predicted octanol–water partition coefficient (Wildman–Crippen LogP) is 4.12. The van der Waals surface area contributed by atoms with Gasteiger partial charge in [-0.25, -0.2) is 4.39 Å². The summed E-state index contributed by atoms with van der Waals surface area (Å²) in [6, 6.07) is 11.0. The van der Waals surface area contributed by atoms with Crippen LogP contribution in [0.25, 0.3) is 0 Å². The summed E-state index contributed by atoms with van der Waals surface area (Å²) >= 11 is 1.84. The van der Waals surface area contributed by atoms with Gasteiger partial charge < -0.3 is 10.6 Å². The van der Waals surface area contributed by atoms with Crippen LogP contribution in [0.1, 0.15) is 23.3 Å². The van der Waals surface area contributed by atoms with E-state index in [1.54, 1.807) is 7.05 Å². The number of thiophene rings is 1. The summed E-state index contributed by atoms with van der Waals surface area (Å²) in [6.45, 7) is 5.12. The summed E-state index contributed by atoms with van der Waals surface area (Å²) in [4.78, 5) is 8.33. The molecule has 1 unspecified atom stereocenters. The average Bonchev–Trinajstić information content (AvgIpc) is 3.19. The lowest BCUT2D eigenvalue weighted by Crippen LogP contribution is -2.44. The van der Waals surface area contributed by atoms with E-state index < -0.39 is 0 Å². The van der Waals surface area contributed by atoms with Crippen molar-refractivity contribution >= 4 is 41.3 Å². The second kappa shape index (κ2) is 12.4. The molecule has 1 aliphatic heterocycles. The van der Waals surface area contributed by atoms with E-state index >= 15 is 0 Å². The van der Waals surface area contributed by atoms with Gasteiger partial charge in [0, 0.05) is 38.1 Å². The van der Waals surface area contributed by atoms with E-state index in [9.17, 15) is 4.39 Å². The van der Waals surface area contributed by atoms with Crippen LogP contribution in [0.3, 0.4) is 0 Å². The molecular formula is C21H30FIN4S. The Bertz CT molecular complexity index is 706. The van der Waals surface area contributed by atoms with E-state index in [1.165, 1.54) is 36.4 Å². The van der Waals surface area contributed by atoms with Crippen LogP contribution in [0.4, 0.5) is 4.39 Å². The third-order valence-electron chi connectivity index (χ3n) is 4.96. The van der Waals surface area contributed by atoms with Gasteiger partial charge in [0.25, 0.3) is 0 Å². The molecular weight excluding hydrogens is 486 g/mol. The van der Waals surface area contributed by atoms with Crippen LogP contribution >= 0.6 is 35.3 Å². The number of piperidine rings is 1. The number of likely N-dealkylation sites (tertiary alicyclic amines) is 1. The molecule has 1 saturated heterocycles. The summed E-state index contributed by atoms with van der Waals surface area (Å²) in [5, 5.41) is 8.97. The predicted molar refractivity (Wildman–Crippen MR) is 127 cm³/mol. The molecule has 1 aliphatic rings. The van der Waals surface area contributed by atoms with Gasteiger partial charge in [-0.05, 0) is 60.9 Å². The Morgan fingerprint density at radius 2 is 2.07 bits per heavy atom. The molecule has 2 heterocycles. The molecule has 0 amide bonds. The van der Waals surface area contributed by atoms with Gasteiger partial charge in [0.05, 0.1) is 0 Å². The van der Waals surface area contributed by atoms with Crippen LogP contribution in [0.15, 0.2) is 46.8 Å². The number of hydrogen-bond donors (Lipinski definition) is 2. The molecule has 2 N–H and O–H groups in total. The zero-order chi connectivity index (χ0) is 18.9. The summed E-state index contributed by atoms with van der Waals surface area (Å²) in [6.07, 6.45) is 3.37. The molecule has 0 aliphatic carbocycles. The Morgan fingerprint density at radius 3 is 2.79 bits per heavy atom. The van der Waals surface area contributed by atoms with Gasteiger partial charge in [-0.1, -0.05) is 18.2 Å². The lowest BCUT2D eigenvalue weighted by atomic mass is 9.98. The number of hydrogen-bond acceptors (Lipinski definition) is 3. The van der Waals surface area contributed by atoms with E-state index in [2.05, 4.69) is 38.0 Å². The molecule has 0 bridgehead atoms. The first-order valence-corrected chi connectivity index (χ1v) is 10.5. The highest BCUT2D eigenvalue weighted by Crippen LogP contribution is 2.19. The molecule has 3 rings (SSSR count). The molecule has 0 radical (unpaired) electrons. The molecule has 1 aromatic heterocycles. The SMILES string of the molecule is CN=C(NCCc1ccc(F)cc1)NCC1CCCN(Cc2cccs2)C1.I. The molecule has 2 aromatic rings. The summed E-state index contributed by atoms with van der Waals surface area (Å²) in [5.74, 6) is 1.30. The zero-order valence-corrected chi connectivity index (χ0v) is 19.5. The first-order chi connectivity index (χ1) is 13.2. The second-order valence-corrected chi connectivity index (χ2v) is 8.11. The number of rotatable bonds is 7. The van der Waals surface area contributed by atoms with Crippen molar-refractivity contribution in [2.45, 2.75) is 25.8 Å². The van der Waals surface area contributed by atoms with Gasteiger partial charge in [-0.15, -0.1) is 35.3 Å². The topological polar surface area (TPSA) is 39.7 Å². The van der Waals surface area contributed by atoms with Crippen LogP contribution in [0.2, 0.25) is 0 Å². The molecule has 0 spiro atoms. The Labute approximate surface area is 188 Å². The van der Waals surface area contributed by atoms with Crippen LogP contribution in [0.5, 0.6) is 0 Å². The van der Waals surface area contributed by atoms with Gasteiger partial charge in [0.2, 0.25) is 0 Å². The lowest BCUT2D eigenvalue weighted by molar-refractivity contribution is 0.169. The first-order valence-electron chi connectivity index (χ1n) is 9.66. The van der Waals surface area contributed by atoms with Crippen molar-refractivity contribution < 1.29 is 4.39 Å². The smallest absolute Gasteiger partial charge is 0.190 e. The standard InChI is InChI=1S/C21H29FN4S.HI/c1-23-21(24-11-10-17-6-8-19(22)9-7-17)25-14-18-4-2-12-26(15-18)16-20-5-3-13-27-20;/h3,5-9,13,18H,2,4,10-12,14-16H2,1H3,(H2,23,24,25);1H. The Hall–Kier alpha value is -1.19. The summed E-state index contributed by atoms with van der Waals surface area (Å²) in [7, 11) is 1.80. The fraction of sp³-hybridized carbons (Fsp3) is 0.476. The average molecular weight is 516 g/mol. The van der Waals surface area contributed by atoms with Crippen molar-refractivity contribution in [3.63, 3.8) is 0 Å². The van der Waals surface area contributed by atoms with Gasteiger partial charge in [0.15, 0.2) is 5.96 Å². The maximum absolute atomic E-state index is 13.0. The second-order valence-electron chi connectivity index (χ2n) is 7.08. The van der Waals surface area contributed by atoms with Crippen molar-refractivity contribution in [2.75, 3.05) is 33.2 Å². The first kappa shape index (κ1) is 23.1. The van der Waals surface area contributed by atoms with Gasteiger partial charge in [-0.3, -0.25) is 9.89 Å². The highest BCUT2D eigenvalue weighted by molar-refractivity contribution is 14.0. The molecule has 1 aromatic carbocycles. The molecule has 154 valence electrons. The Balaban J connectivity index is 0.00000280. The normalized spacial score (nSPS) is 17.8. The van der Waals surface area contributed by atoms with Crippen molar-refractivity contribution in [3.05, 3.63) is 58.0 Å². The third kappa shape index (κ3) is 7.67. The molecule has 7 heteroatoms. The molecule has 1 atom stereocenters. The number of nitrogens with one attached hydrogen (secondary N) is 2. The van der Waals surface area contributed by atoms with E-state index in [1.807, 2.05) is 23.5 Å². The maximum atomic E-state index is 13.0. The summed E-state index contributed by atoms with van der Waals surface area (Å²) < 4.78 is 13.0. The van der Waals surface area contributed by atoms with Gasteiger partial charge in [0.1, 0.15) is 5.82 Å². The van der Waals surface area contributed by atoms with Crippen LogP contribution in [0, 0.1) is 11.7 Å². The van der Waals surface area contributed by atoms with E-state index in [4.69, 9.17) is 0 Å². The van der Waals surface area contributed by atoms with Crippen molar-refractivity contribution in [1.29, 1.82) is 0 Å². The van der Waals surface area contributed by atoms with E-state index in [0.29, 0.717) is 5.92 Å². The maximum Gasteiger partial charge on any atom is 0.190 e. The molecule has 1 fully saturated rings. The van der Waals surface area contributed by atoms with Gasteiger partial charge >= 0.3 is 0 Å². The van der Waals surface area contributed by atoms with Crippen molar-refractivity contribution in [2.24, 2.45) is 10.9 Å². The number of halogens is 2. The number of aliphatic imine (C=N–C) groups is 1. The minimum Gasteiger partial charge on any atom is -0.356 e. The number of benzene rings is 1. The Kier molecular flexibility index (Phi) is 10.2. The zero-order valence-electron chi connectivity index (χ0n) is 16.4. The van der Waals surface area contributed by atoms with E-state index in [-0.39, 0.29) is 29.8 Å². The summed E-state index contributed by atoms with van der Waals surface area (Å²) in [5.41, 5.74) is 1.12. The Morgan fingerprint density at radius 1 is 1.25 bits per heavy atom. The number of guanidine groups is 1. The lowest BCUT2D eigenvalue weighted by Gasteiger charge is -2.32. The van der Waals surface area contributed by atoms with Crippen LogP contribution in [-0.2, 0) is 13.0 Å². The van der Waals surface area contributed by atoms with Crippen molar-refractivity contribution in [1.82, 2.24) is 15.5 Å².